The maximum absolute atomic E-state index is 13.8. The number of anilines is 1. The highest BCUT2D eigenvalue weighted by Crippen LogP contribution is 2.42. The second-order valence-corrected chi connectivity index (χ2v) is 6.88. The highest BCUT2D eigenvalue weighted by molar-refractivity contribution is 5.95. The zero-order valence-corrected chi connectivity index (χ0v) is 15.4. The lowest BCUT2D eigenvalue weighted by Crippen LogP contribution is -2.27. The van der Waals surface area contributed by atoms with Crippen LogP contribution in [-0.4, -0.2) is 32.3 Å². The smallest absolute Gasteiger partial charge is 0.343 e. The summed E-state index contributed by atoms with van der Waals surface area (Å²) in [6.07, 6.45) is 6.18. The molecule has 1 aliphatic rings. The number of esters is 1. The minimum atomic E-state index is -0.486. The summed E-state index contributed by atoms with van der Waals surface area (Å²) in [6, 6.07) is 5.40. The lowest BCUT2D eigenvalue weighted by atomic mass is 9.77. The van der Waals surface area contributed by atoms with Gasteiger partial charge in [-0.1, -0.05) is 6.42 Å². The number of nitrogens with one attached hydrogen (secondary N) is 1. The summed E-state index contributed by atoms with van der Waals surface area (Å²) in [7, 11) is 0. The fourth-order valence-electron chi connectivity index (χ4n) is 3.46. The van der Waals surface area contributed by atoms with Gasteiger partial charge in [0.1, 0.15) is 22.9 Å². The molecule has 0 saturated heterocycles. The molecule has 146 valence electrons. The number of carbonyl (C=O) groups is 1. The molecule has 1 aliphatic carbocycles. The number of halogens is 1. The Balaban J connectivity index is 1.68. The standard InChI is InChI=1S/C20H21FN4O3/c1-2-28-20(27)15-11-22-25-9-8-17(24-19(15)25)23-18(12-4-3-5-12)14-10-13(21)6-7-16(14)26/h6-12,18,26H,2-5H2,1H3,(H,23,24). The van der Waals surface area contributed by atoms with Crippen LogP contribution in [0.15, 0.2) is 36.7 Å². The zero-order valence-electron chi connectivity index (χ0n) is 15.4. The lowest BCUT2D eigenvalue weighted by molar-refractivity contribution is 0.0528. The summed E-state index contributed by atoms with van der Waals surface area (Å²) in [5, 5.41) is 17.7. The second-order valence-electron chi connectivity index (χ2n) is 6.88. The Labute approximate surface area is 161 Å². The van der Waals surface area contributed by atoms with Crippen LogP contribution in [0.5, 0.6) is 5.75 Å². The van der Waals surface area contributed by atoms with E-state index in [1.807, 2.05) is 0 Å². The zero-order chi connectivity index (χ0) is 19.7. The van der Waals surface area contributed by atoms with Crippen molar-refractivity contribution in [2.45, 2.75) is 32.2 Å². The Bertz CT molecular complexity index is 1020. The number of ether oxygens (including phenoxy) is 1. The molecule has 3 aromatic rings. The van der Waals surface area contributed by atoms with Crippen molar-refractivity contribution < 1.29 is 19.0 Å². The van der Waals surface area contributed by atoms with Crippen LogP contribution in [0.1, 0.15) is 48.1 Å². The predicted octanol–water partition coefficient (Wildman–Crippen LogP) is 3.70. The molecule has 0 spiro atoms. The van der Waals surface area contributed by atoms with Gasteiger partial charge in [-0.3, -0.25) is 0 Å². The van der Waals surface area contributed by atoms with E-state index >= 15 is 0 Å². The number of nitrogens with zero attached hydrogens (tertiary/aromatic N) is 3. The van der Waals surface area contributed by atoms with Crippen molar-refractivity contribution in [3.8, 4) is 5.75 Å². The molecular weight excluding hydrogens is 363 g/mol. The molecule has 1 unspecified atom stereocenters. The van der Waals surface area contributed by atoms with Crippen molar-refractivity contribution in [2.75, 3.05) is 11.9 Å². The molecule has 2 N–H and O–H groups in total. The number of rotatable bonds is 6. The third-order valence-electron chi connectivity index (χ3n) is 5.11. The number of hydrogen-bond acceptors (Lipinski definition) is 6. The molecule has 7 nitrogen and oxygen atoms in total. The maximum atomic E-state index is 13.8. The average Bonchev–Trinajstić information content (AvgIpc) is 3.05. The number of phenolic OH excluding ortho intramolecular Hbond substituents is 1. The van der Waals surface area contributed by atoms with E-state index in [0.717, 1.165) is 19.3 Å². The number of carbonyl (C=O) groups excluding carboxylic acids is 1. The topological polar surface area (TPSA) is 88.8 Å². The highest BCUT2D eigenvalue weighted by Gasteiger charge is 2.31. The van der Waals surface area contributed by atoms with Crippen molar-refractivity contribution in [1.82, 2.24) is 14.6 Å². The van der Waals surface area contributed by atoms with Gasteiger partial charge in [0.2, 0.25) is 0 Å². The molecule has 1 fully saturated rings. The summed E-state index contributed by atoms with van der Waals surface area (Å²) >= 11 is 0. The molecule has 0 amide bonds. The van der Waals surface area contributed by atoms with E-state index in [1.165, 1.54) is 28.9 Å². The molecule has 2 heterocycles. The van der Waals surface area contributed by atoms with Gasteiger partial charge < -0.3 is 15.2 Å². The Morgan fingerprint density at radius 1 is 1.43 bits per heavy atom. The van der Waals surface area contributed by atoms with Gasteiger partial charge in [-0.05, 0) is 49.9 Å². The van der Waals surface area contributed by atoms with Crippen LogP contribution in [0.25, 0.3) is 5.65 Å². The van der Waals surface area contributed by atoms with Crippen LogP contribution in [0.2, 0.25) is 0 Å². The Kier molecular flexibility index (Phi) is 4.85. The van der Waals surface area contributed by atoms with Gasteiger partial charge in [0.15, 0.2) is 5.65 Å². The van der Waals surface area contributed by atoms with Gasteiger partial charge in [-0.15, -0.1) is 0 Å². The van der Waals surface area contributed by atoms with E-state index in [4.69, 9.17) is 4.74 Å². The number of hydrogen-bond donors (Lipinski definition) is 2. The van der Waals surface area contributed by atoms with Crippen LogP contribution in [0.4, 0.5) is 10.2 Å². The predicted molar refractivity (Wildman–Crippen MR) is 101 cm³/mol. The van der Waals surface area contributed by atoms with Crippen LogP contribution in [0, 0.1) is 11.7 Å². The van der Waals surface area contributed by atoms with E-state index < -0.39 is 11.8 Å². The number of fused-ring (bicyclic) bond motifs is 1. The van der Waals surface area contributed by atoms with Crippen LogP contribution in [-0.2, 0) is 4.74 Å². The molecule has 0 aliphatic heterocycles. The maximum Gasteiger partial charge on any atom is 0.343 e. The number of benzene rings is 1. The Hall–Kier alpha value is -3.16. The minimum absolute atomic E-state index is 0.0449. The quantitative estimate of drug-likeness (QED) is 0.630. The second kappa shape index (κ2) is 7.46. The Morgan fingerprint density at radius 3 is 2.96 bits per heavy atom. The third-order valence-corrected chi connectivity index (χ3v) is 5.11. The molecule has 8 heteroatoms. The van der Waals surface area contributed by atoms with Crippen molar-refractivity contribution in [3.05, 3.63) is 53.6 Å². The Morgan fingerprint density at radius 2 is 2.25 bits per heavy atom. The summed E-state index contributed by atoms with van der Waals surface area (Å²) in [4.78, 5) is 16.6. The molecule has 2 aromatic heterocycles. The van der Waals surface area contributed by atoms with Crippen molar-refractivity contribution in [2.24, 2.45) is 5.92 Å². The van der Waals surface area contributed by atoms with Gasteiger partial charge in [-0.2, -0.15) is 5.10 Å². The summed E-state index contributed by atoms with van der Waals surface area (Å²) < 4.78 is 20.3. The van der Waals surface area contributed by atoms with Crippen molar-refractivity contribution in [3.63, 3.8) is 0 Å². The van der Waals surface area contributed by atoms with E-state index in [2.05, 4.69) is 15.4 Å². The van der Waals surface area contributed by atoms with Gasteiger partial charge in [0.25, 0.3) is 0 Å². The van der Waals surface area contributed by atoms with E-state index in [9.17, 15) is 14.3 Å². The van der Waals surface area contributed by atoms with Crippen LogP contribution in [0.3, 0.4) is 0 Å². The molecule has 0 radical (unpaired) electrons. The number of aromatic nitrogens is 3. The fourth-order valence-corrected chi connectivity index (χ4v) is 3.46. The van der Waals surface area contributed by atoms with Crippen molar-refractivity contribution in [1.29, 1.82) is 0 Å². The molecule has 1 saturated carbocycles. The molecule has 4 rings (SSSR count). The largest absolute Gasteiger partial charge is 0.508 e. The monoisotopic (exact) mass is 384 g/mol. The lowest BCUT2D eigenvalue weighted by Gasteiger charge is -2.35. The molecule has 1 aromatic carbocycles. The molecule has 28 heavy (non-hydrogen) atoms. The number of phenols is 1. The average molecular weight is 384 g/mol. The summed E-state index contributed by atoms with van der Waals surface area (Å²) in [5.41, 5.74) is 1.16. The van der Waals surface area contributed by atoms with E-state index in [-0.39, 0.29) is 29.9 Å². The first-order chi connectivity index (χ1) is 13.6. The van der Waals surface area contributed by atoms with Crippen LogP contribution < -0.4 is 5.32 Å². The van der Waals surface area contributed by atoms with E-state index in [1.54, 1.807) is 19.2 Å². The molecule has 1 atom stereocenters. The minimum Gasteiger partial charge on any atom is -0.508 e. The highest BCUT2D eigenvalue weighted by atomic mass is 19.1. The normalized spacial score (nSPS) is 15.2. The first kappa shape index (κ1) is 18.2. The summed E-state index contributed by atoms with van der Waals surface area (Å²) in [5.74, 6) is -0.0640. The van der Waals surface area contributed by atoms with Crippen LogP contribution >= 0.6 is 0 Å². The van der Waals surface area contributed by atoms with Gasteiger partial charge in [0, 0.05) is 11.8 Å². The van der Waals surface area contributed by atoms with Gasteiger partial charge >= 0.3 is 5.97 Å². The third kappa shape index (κ3) is 3.37. The fraction of sp³-hybridized carbons (Fsp3) is 0.350. The first-order valence-electron chi connectivity index (χ1n) is 9.33. The van der Waals surface area contributed by atoms with Gasteiger partial charge in [0.05, 0.1) is 18.8 Å². The van der Waals surface area contributed by atoms with E-state index in [0.29, 0.717) is 17.0 Å². The molecular formula is C20H21FN4O3. The molecule has 0 bridgehead atoms. The number of aromatic hydroxyl groups is 1. The SMILES string of the molecule is CCOC(=O)c1cnn2ccc(NC(c3cc(F)ccc3O)C3CCC3)nc12. The van der Waals surface area contributed by atoms with Gasteiger partial charge in [-0.25, -0.2) is 18.7 Å². The summed E-state index contributed by atoms with van der Waals surface area (Å²) in [6.45, 7) is 2.00. The van der Waals surface area contributed by atoms with Crippen molar-refractivity contribution >= 4 is 17.4 Å². The first-order valence-corrected chi connectivity index (χ1v) is 9.33.